The molecule has 0 fully saturated rings. The van der Waals surface area contributed by atoms with Crippen LogP contribution in [0.1, 0.15) is 104 Å². The fourth-order valence-corrected chi connectivity index (χ4v) is 2.08. The molecule has 0 aromatic carbocycles. The molecule has 0 heteroatoms. The van der Waals surface area contributed by atoms with Gasteiger partial charge in [-0.05, 0) is 19.3 Å². The number of hydrogen-bond donors (Lipinski definition) is 0. The maximum absolute atomic E-state index is 5.12. The second-order valence-corrected chi connectivity index (χ2v) is 5.57. The van der Waals surface area contributed by atoms with Crippen LogP contribution in [-0.2, 0) is 0 Å². The van der Waals surface area contributed by atoms with Gasteiger partial charge in [0.2, 0.25) is 0 Å². The molecule has 0 atom stereocenters. The monoisotopic (exact) mass is 278 g/mol. The molecule has 0 rings (SSSR count). The number of terminal acetylenes is 1. The fourth-order valence-electron chi connectivity index (χ4n) is 2.08. The number of unbranched alkanes of at least 4 members (excludes halogenated alkanes) is 12. The maximum Gasteiger partial charge on any atom is 0.00860 e. The summed E-state index contributed by atoms with van der Waals surface area (Å²) in [4.78, 5) is 0. The van der Waals surface area contributed by atoms with E-state index >= 15 is 0 Å². The zero-order chi connectivity index (χ0) is 15.3. The van der Waals surface area contributed by atoms with Crippen LogP contribution in [0.5, 0.6) is 0 Å². The van der Waals surface area contributed by atoms with Crippen molar-refractivity contribution in [3.63, 3.8) is 0 Å². The van der Waals surface area contributed by atoms with Gasteiger partial charge in [0.15, 0.2) is 0 Å². The molecule has 0 N–H and O–H groups in total. The van der Waals surface area contributed by atoms with E-state index in [0.29, 0.717) is 0 Å². The van der Waals surface area contributed by atoms with Gasteiger partial charge in [0.1, 0.15) is 0 Å². The Hall–Kier alpha value is -0.700. The van der Waals surface area contributed by atoms with Gasteiger partial charge in [0.25, 0.3) is 0 Å². The molecule has 0 nitrogen and oxygen atoms in total. The molecule has 0 aliphatic carbocycles. The lowest BCUT2D eigenvalue weighted by atomic mass is 10.1. The van der Waals surface area contributed by atoms with Crippen LogP contribution in [-0.4, -0.2) is 0 Å². The summed E-state index contributed by atoms with van der Waals surface area (Å²) in [6.45, 7) is 8.19. The van der Waals surface area contributed by atoms with Crippen molar-refractivity contribution in [3.05, 3.63) is 12.7 Å². The second kappa shape index (κ2) is 23.4. The summed E-state index contributed by atoms with van der Waals surface area (Å²) in [5.41, 5.74) is 0. The van der Waals surface area contributed by atoms with Gasteiger partial charge in [0.05, 0.1) is 0 Å². The Morgan fingerprint density at radius 3 is 1.65 bits per heavy atom. The topological polar surface area (TPSA) is 0 Å². The molecular weight excluding hydrogens is 240 g/mol. The van der Waals surface area contributed by atoms with Crippen molar-refractivity contribution >= 4 is 0 Å². The molecule has 0 aromatic rings. The van der Waals surface area contributed by atoms with E-state index in [0.717, 1.165) is 6.42 Å². The minimum atomic E-state index is 0.964. The van der Waals surface area contributed by atoms with Crippen molar-refractivity contribution in [2.45, 2.75) is 104 Å². The Bertz CT molecular complexity index is 197. The van der Waals surface area contributed by atoms with Crippen LogP contribution in [0.4, 0.5) is 0 Å². The van der Waals surface area contributed by atoms with E-state index in [9.17, 15) is 0 Å². The Morgan fingerprint density at radius 2 is 1.20 bits per heavy atom. The lowest BCUT2D eigenvalue weighted by molar-refractivity contribution is 0.611. The number of rotatable bonds is 13. The van der Waals surface area contributed by atoms with Crippen LogP contribution in [0.15, 0.2) is 12.7 Å². The molecule has 20 heavy (non-hydrogen) atoms. The van der Waals surface area contributed by atoms with Crippen LogP contribution in [0.3, 0.4) is 0 Å². The highest BCUT2D eigenvalue weighted by Gasteiger charge is 1.87. The van der Waals surface area contributed by atoms with E-state index in [1.165, 1.54) is 83.5 Å². The average Bonchev–Trinajstić information content (AvgIpc) is 2.47. The molecule has 0 unspecified atom stereocenters. The molecule has 0 aromatic heterocycles. The third-order valence-electron chi connectivity index (χ3n) is 3.44. The molecule has 0 radical (unpaired) electrons. The third-order valence-corrected chi connectivity index (χ3v) is 3.44. The first-order valence-corrected chi connectivity index (χ1v) is 8.87. The summed E-state index contributed by atoms with van der Waals surface area (Å²) in [6.07, 6.45) is 25.7. The number of hydrogen-bond acceptors (Lipinski definition) is 0. The minimum absolute atomic E-state index is 0.964. The van der Waals surface area contributed by atoms with Gasteiger partial charge in [-0.2, -0.15) is 0 Å². The molecule has 0 spiro atoms. The van der Waals surface area contributed by atoms with E-state index in [1.54, 1.807) is 0 Å². The highest BCUT2D eigenvalue weighted by Crippen LogP contribution is 2.06. The normalized spacial score (nSPS) is 9.45. The summed E-state index contributed by atoms with van der Waals surface area (Å²) in [5.74, 6) is 2.66. The lowest BCUT2D eigenvalue weighted by Gasteiger charge is -1.96. The van der Waals surface area contributed by atoms with E-state index in [1.807, 2.05) is 6.08 Å². The van der Waals surface area contributed by atoms with Crippen LogP contribution in [0.25, 0.3) is 0 Å². The Balaban J connectivity index is 0. The number of allylic oxidation sites excluding steroid dienone is 1. The molecule has 0 saturated carbocycles. The first-order chi connectivity index (χ1) is 9.83. The van der Waals surface area contributed by atoms with Gasteiger partial charge in [-0.1, -0.05) is 84.1 Å². The van der Waals surface area contributed by atoms with Crippen LogP contribution < -0.4 is 0 Å². The molecule has 0 aliphatic heterocycles. The van der Waals surface area contributed by atoms with Crippen molar-refractivity contribution < 1.29 is 0 Å². The van der Waals surface area contributed by atoms with Gasteiger partial charge in [-0.3, -0.25) is 0 Å². The Morgan fingerprint density at radius 1 is 0.750 bits per heavy atom. The summed E-state index contributed by atoms with van der Waals surface area (Å²) in [7, 11) is 0. The molecule has 0 aliphatic rings. The van der Waals surface area contributed by atoms with Crippen LogP contribution in [0.2, 0.25) is 0 Å². The highest BCUT2D eigenvalue weighted by atomic mass is 13.9. The summed E-state index contributed by atoms with van der Waals surface area (Å²) < 4.78 is 0. The standard InChI is InChI=1S/C10H20.C10H18/c2*1-3-5-7-9-10-8-6-4-2/h3H,1,4-10H2,2H3;1H,4-10H2,2H3. The first-order valence-electron chi connectivity index (χ1n) is 8.87. The van der Waals surface area contributed by atoms with E-state index in [2.05, 4.69) is 26.3 Å². The van der Waals surface area contributed by atoms with Crippen molar-refractivity contribution in [1.82, 2.24) is 0 Å². The Labute approximate surface area is 129 Å². The molecule has 0 heterocycles. The minimum Gasteiger partial charge on any atom is -0.120 e. The quantitative estimate of drug-likeness (QED) is 0.188. The van der Waals surface area contributed by atoms with Gasteiger partial charge in [0, 0.05) is 6.42 Å². The maximum atomic E-state index is 5.12. The third kappa shape index (κ3) is 26.0. The van der Waals surface area contributed by atoms with Gasteiger partial charge < -0.3 is 0 Å². The molecule has 0 bridgehead atoms. The van der Waals surface area contributed by atoms with Gasteiger partial charge >= 0.3 is 0 Å². The van der Waals surface area contributed by atoms with E-state index in [-0.39, 0.29) is 0 Å². The van der Waals surface area contributed by atoms with Gasteiger partial charge in [-0.25, -0.2) is 0 Å². The SMILES string of the molecule is C#CCCCCCCCC.C=CCCCCCCCC. The fraction of sp³-hybridized carbons (Fsp3) is 0.800. The zero-order valence-corrected chi connectivity index (χ0v) is 14.3. The summed E-state index contributed by atoms with van der Waals surface area (Å²) in [6, 6.07) is 0. The van der Waals surface area contributed by atoms with Crippen molar-refractivity contribution in [1.29, 1.82) is 0 Å². The van der Waals surface area contributed by atoms with E-state index < -0.39 is 0 Å². The van der Waals surface area contributed by atoms with E-state index in [4.69, 9.17) is 6.42 Å². The predicted molar refractivity (Wildman–Crippen MR) is 95.0 cm³/mol. The first kappa shape index (κ1) is 21.6. The largest absolute Gasteiger partial charge is 0.120 e. The van der Waals surface area contributed by atoms with Crippen molar-refractivity contribution in [2.75, 3.05) is 0 Å². The van der Waals surface area contributed by atoms with Gasteiger partial charge in [-0.15, -0.1) is 18.9 Å². The molecule has 118 valence electrons. The molecule has 0 saturated heterocycles. The van der Waals surface area contributed by atoms with Crippen LogP contribution >= 0.6 is 0 Å². The summed E-state index contributed by atoms with van der Waals surface area (Å²) >= 11 is 0. The second-order valence-electron chi connectivity index (χ2n) is 5.57. The van der Waals surface area contributed by atoms with Crippen LogP contribution in [0, 0.1) is 12.3 Å². The van der Waals surface area contributed by atoms with Crippen molar-refractivity contribution in [2.24, 2.45) is 0 Å². The smallest absolute Gasteiger partial charge is 0.00860 e. The molecular formula is C20H38. The summed E-state index contributed by atoms with van der Waals surface area (Å²) in [5, 5.41) is 0. The zero-order valence-electron chi connectivity index (χ0n) is 14.3. The van der Waals surface area contributed by atoms with Crippen molar-refractivity contribution in [3.8, 4) is 12.3 Å². The average molecular weight is 279 g/mol. The Kier molecular flexibility index (Phi) is 25.3. The predicted octanol–water partition coefficient (Wildman–Crippen LogP) is 7.29. The molecule has 0 amide bonds. The highest BCUT2D eigenvalue weighted by molar-refractivity contribution is 4.82. The lowest BCUT2D eigenvalue weighted by Crippen LogP contribution is -1.77.